The molecule has 1 atom stereocenters. The summed E-state index contributed by atoms with van der Waals surface area (Å²) in [5.41, 5.74) is 4.63. The van der Waals surface area contributed by atoms with E-state index in [0.29, 0.717) is 30.0 Å². The van der Waals surface area contributed by atoms with E-state index >= 15 is 0 Å². The number of halogens is 2. The van der Waals surface area contributed by atoms with Gasteiger partial charge >= 0.3 is 0 Å². The van der Waals surface area contributed by atoms with Crippen molar-refractivity contribution >= 4 is 11.0 Å². The van der Waals surface area contributed by atoms with Gasteiger partial charge < -0.3 is 15.4 Å². The summed E-state index contributed by atoms with van der Waals surface area (Å²) < 4.78 is 27.2. The van der Waals surface area contributed by atoms with E-state index in [1.807, 2.05) is 12.1 Å². The summed E-state index contributed by atoms with van der Waals surface area (Å²) >= 11 is 0. The van der Waals surface area contributed by atoms with Crippen molar-refractivity contribution in [1.82, 2.24) is 20.3 Å². The van der Waals surface area contributed by atoms with Crippen molar-refractivity contribution in [2.45, 2.75) is 12.6 Å². The van der Waals surface area contributed by atoms with E-state index in [0.717, 1.165) is 40.3 Å². The Morgan fingerprint density at radius 1 is 1.00 bits per heavy atom. The van der Waals surface area contributed by atoms with E-state index in [-0.39, 0.29) is 5.56 Å². The number of hydrogen-bond donors (Lipinski definition) is 3. The van der Waals surface area contributed by atoms with Crippen LogP contribution in [0.2, 0.25) is 0 Å². The average molecular weight is 402 g/mol. The number of aliphatic hydroxyl groups is 1. The van der Waals surface area contributed by atoms with Crippen LogP contribution in [0.3, 0.4) is 0 Å². The zero-order valence-electron chi connectivity index (χ0n) is 15.7. The fourth-order valence-electron chi connectivity index (χ4n) is 3.55. The normalized spacial score (nSPS) is 15.5. The van der Waals surface area contributed by atoms with Crippen LogP contribution in [-0.2, 0) is 6.54 Å². The van der Waals surface area contributed by atoms with Gasteiger partial charge in [0.15, 0.2) is 0 Å². The van der Waals surface area contributed by atoms with Gasteiger partial charge in [0.2, 0.25) is 0 Å². The second kappa shape index (κ2) is 7.34. The predicted octanol–water partition coefficient (Wildman–Crippen LogP) is 3.44. The SMILES string of the molecule is OC1CNCc2cc(-c3cnc4[nH]cc(C#Cc5cc(F)ccc5F)c4c3)cnc21. The number of aromatic nitrogens is 3. The topological polar surface area (TPSA) is 73.8 Å². The van der Waals surface area contributed by atoms with Crippen LogP contribution in [0.5, 0.6) is 0 Å². The van der Waals surface area contributed by atoms with Crippen LogP contribution in [0, 0.1) is 23.5 Å². The highest BCUT2D eigenvalue weighted by atomic mass is 19.1. The van der Waals surface area contributed by atoms with Crippen molar-refractivity contribution in [3.63, 3.8) is 0 Å². The molecule has 0 bridgehead atoms. The summed E-state index contributed by atoms with van der Waals surface area (Å²) in [5, 5.41) is 14.0. The van der Waals surface area contributed by atoms with Crippen molar-refractivity contribution in [3.05, 3.63) is 82.9 Å². The largest absolute Gasteiger partial charge is 0.385 e. The van der Waals surface area contributed by atoms with Crippen LogP contribution in [0.25, 0.3) is 22.2 Å². The molecule has 1 aromatic carbocycles. The Morgan fingerprint density at radius 2 is 1.80 bits per heavy atom. The lowest BCUT2D eigenvalue weighted by atomic mass is 10.00. The zero-order chi connectivity index (χ0) is 20.7. The predicted molar refractivity (Wildman–Crippen MR) is 108 cm³/mol. The molecule has 5 rings (SSSR count). The maximum absolute atomic E-state index is 13.8. The fraction of sp³-hybridized carbons (Fsp3) is 0.130. The lowest BCUT2D eigenvalue weighted by molar-refractivity contribution is 0.160. The molecule has 3 aromatic heterocycles. The monoisotopic (exact) mass is 402 g/mol. The van der Waals surface area contributed by atoms with Gasteiger partial charge in [0.1, 0.15) is 23.4 Å². The maximum atomic E-state index is 13.8. The third kappa shape index (κ3) is 3.32. The molecule has 0 aliphatic carbocycles. The number of aromatic amines is 1. The molecule has 30 heavy (non-hydrogen) atoms. The first-order valence-electron chi connectivity index (χ1n) is 9.40. The van der Waals surface area contributed by atoms with Gasteiger partial charge in [-0.15, -0.1) is 0 Å². The van der Waals surface area contributed by atoms with E-state index in [1.54, 1.807) is 18.6 Å². The number of benzene rings is 1. The second-order valence-electron chi connectivity index (χ2n) is 7.11. The van der Waals surface area contributed by atoms with Crippen LogP contribution >= 0.6 is 0 Å². The highest BCUT2D eigenvalue weighted by molar-refractivity contribution is 5.87. The van der Waals surface area contributed by atoms with E-state index in [4.69, 9.17) is 0 Å². The molecule has 0 saturated heterocycles. The molecule has 1 unspecified atom stereocenters. The molecule has 1 aliphatic heterocycles. The standard InChI is InChI=1S/C23H16F2N4O/c24-18-3-4-20(25)13(6-18)1-2-14-9-28-23-19(14)7-16(11-29-23)15-5-17-8-26-12-21(30)22(17)27-10-15/h3-7,9-11,21,26,30H,8,12H2,(H,28,29). The lowest BCUT2D eigenvalue weighted by Crippen LogP contribution is -2.28. The number of pyridine rings is 2. The first-order valence-corrected chi connectivity index (χ1v) is 9.40. The number of hydrogen-bond acceptors (Lipinski definition) is 4. The first kappa shape index (κ1) is 18.4. The minimum atomic E-state index is -0.613. The van der Waals surface area contributed by atoms with E-state index in [1.165, 1.54) is 0 Å². The molecule has 4 heterocycles. The quantitative estimate of drug-likeness (QED) is 0.427. The molecule has 5 nitrogen and oxygen atoms in total. The molecule has 0 spiro atoms. The summed E-state index contributed by atoms with van der Waals surface area (Å²) in [4.78, 5) is 11.9. The number of aliphatic hydroxyl groups excluding tert-OH is 1. The number of H-pyrrole nitrogens is 1. The molecule has 0 radical (unpaired) electrons. The Hall–Kier alpha value is -3.60. The highest BCUT2D eigenvalue weighted by Gasteiger charge is 2.19. The van der Waals surface area contributed by atoms with Gasteiger partial charge in [-0.3, -0.25) is 4.98 Å². The lowest BCUT2D eigenvalue weighted by Gasteiger charge is -2.21. The Balaban J connectivity index is 1.54. The third-order valence-electron chi connectivity index (χ3n) is 5.09. The minimum Gasteiger partial charge on any atom is -0.385 e. The molecule has 148 valence electrons. The van der Waals surface area contributed by atoms with Crippen LogP contribution < -0.4 is 5.32 Å². The van der Waals surface area contributed by atoms with Crippen molar-refractivity contribution in [2.24, 2.45) is 0 Å². The van der Waals surface area contributed by atoms with E-state index in [9.17, 15) is 13.9 Å². The second-order valence-corrected chi connectivity index (χ2v) is 7.11. The van der Waals surface area contributed by atoms with Gasteiger partial charge in [-0.2, -0.15) is 0 Å². The molecular weight excluding hydrogens is 386 g/mol. The number of rotatable bonds is 1. The Kier molecular flexibility index (Phi) is 4.51. The van der Waals surface area contributed by atoms with Gasteiger partial charge in [-0.05, 0) is 35.9 Å². The summed E-state index contributed by atoms with van der Waals surface area (Å²) in [7, 11) is 0. The molecule has 4 aromatic rings. The number of nitrogens with zero attached hydrogens (tertiary/aromatic N) is 2. The number of nitrogens with one attached hydrogen (secondary N) is 2. The minimum absolute atomic E-state index is 0.00147. The van der Waals surface area contributed by atoms with Crippen molar-refractivity contribution in [3.8, 4) is 23.0 Å². The molecule has 1 aliphatic rings. The third-order valence-corrected chi connectivity index (χ3v) is 5.09. The van der Waals surface area contributed by atoms with Crippen molar-refractivity contribution in [2.75, 3.05) is 6.54 Å². The Labute approximate surface area is 170 Å². The van der Waals surface area contributed by atoms with Gasteiger partial charge in [-0.25, -0.2) is 13.8 Å². The van der Waals surface area contributed by atoms with Crippen molar-refractivity contribution < 1.29 is 13.9 Å². The van der Waals surface area contributed by atoms with Crippen LogP contribution in [0.4, 0.5) is 8.78 Å². The highest BCUT2D eigenvalue weighted by Crippen LogP contribution is 2.28. The fourth-order valence-corrected chi connectivity index (χ4v) is 3.55. The summed E-state index contributed by atoms with van der Waals surface area (Å²) in [6.45, 7) is 1.13. The summed E-state index contributed by atoms with van der Waals surface area (Å²) in [5.74, 6) is 4.48. The van der Waals surface area contributed by atoms with Crippen molar-refractivity contribution in [1.29, 1.82) is 0 Å². The van der Waals surface area contributed by atoms with Gasteiger partial charge in [0, 0.05) is 48.2 Å². The Morgan fingerprint density at radius 3 is 2.70 bits per heavy atom. The summed E-state index contributed by atoms with van der Waals surface area (Å²) in [6, 6.07) is 7.11. The summed E-state index contributed by atoms with van der Waals surface area (Å²) in [6.07, 6.45) is 4.53. The number of fused-ring (bicyclic) bond motifs is 2. The zero-order valence-corrected chi connectivity index (χ0v) is 15.7. The van der Waals surface area contributed by atoms with Crippen LogP contribution in [-0.4, -0.2) is 26.6 Å². The van der Waals surface area contributed by atoms with Crippen LogP contribution in [0.1, 0.15) is 28.5 Å². The van der Waals surface area contributed by atoms with Gasteiger partial charge in [0.25, 0.3) is 0 Å². The molecule has 0 fully saturated rings. The van der Waals surface area contributed by atoms with E-state index < -0.39 is 17.7 Å². The molecule has 0 saturated carbocycles. The molecule has 0 amide bonds. The smallest absolute Gasteiger partial charge is 0.139 e. The Bertz CT molecular complexity index is 1340. The maximum Gasteiger partial charge on any atom is 0.139 e. The van der Waals surface area contributed by atoms with Crippen LogP contribution in [0.15, 0.2) is 48.9 Å². The van der Waals surface area contributed by atoms with Gasteiger partial charge in [-0.1, -0.05) is 11.8 Å². The molecule has 3 N–H and O–H groups in total. The molecule has 7 heteroatoms. The first-order chi connectivity index (χ1) is 14.6. The molecular formula is C23H16F2N4O. The van der Waals surface area contributed by atoms with E-state index in [2.05, 4.69) is 32.1 Å². The average Bonchev–Trinajstić information content (AvgIpc) is 3.16. The van der Waals surface area contributed by atoms with Gasteiger partial charge in [0.05, 0.1) is 16.8 Å². The number of β-amino-alcohol motifs (C(OH)–C–C–N with tert-alkyl or cyclic N) is 1.